The summed E-state index contributed by atoms with van der Waals surface area (Å²) in [6, 6.07) is 0. The van der Waals surface area contributed by atoms with E-state index in [-0.39, 0.29) is 23.3 Å². The predicted octanol–water partition coefficient (Wildman–Crippen LogP) is 2.06. The van der Waals surface area contributed by atoms with Crippen LogP contribution in [0.15, 0.2) is 18.1 Å². The first kappa shape index (κ1) is 15.8. The molecule has 0 aromatic carbocycles. The normalized spacial score (nSPS) is 28.1. The number of allylic oxidation sites excluding steroid dienone is 2. The molecular formula is C18H20N6O. The van der Waals surface area contributed by atoms with Crippen LogP contribution in [0, 0.1) is 18.4 Å². The average Bonchev–Trinajstić information content (AvgIpc) is 3.14. The first-order valence-corrected chi connectivity index (χ1v) is 8.43. The number of Topliss-reactive ketones (excluding diaryl/α,β-unsaturated/α-hetero) is 1. The Bertz CT molecular complexity index is 959. The van der Waals surface area contributed by atoms with Crippen LogP contribution in [0.4, 0.5) is 0 Å². The van der Waals surface area contributed by atoms with E-state index >= 15 is 0 Å². The van der Waals surface area contributed by atoms with Gasteiger partial charge in [0.25, 0.3) is 0 Å². The van der Waals surface area contributed by atoms with Gasteiger partial charge < -0.3 is 4.79 Å². The third-order valence-electron chi connectivity index (χ3n) is 5.77. The summed E-state index contributed by atoms with van der Waals surface area (Å²) in [6.07, 6.45) is 5.26. The molecule has 0 N–H and O–H groups in total. The zero-order valence-corrected chi connectivity index (χ0v) is 14.8. The van der Waals surface area contributed by atoms with E-state index in [0.717, 1.165) is 29.8 Å². The largest absolute Gasteiger partial charge is 0.308 e. The molecule has 0 saturated carbocycles. The number of hydrogen-bond acceptors (Lipinski definition) is 4. The highest BCUT2D eigenvalue weighted by atomic mass is 16.1. The molecule has 0 spiro atoms. The Balaban J connectivity index is 1.94. The molecule has 3 atom stereocenters. The van der Waals surface area contributed by atoms with Gasteiger partial charge in [-0.25, -0.2) is 9.83 Å². The molecule has 7 nitrogen and oxygen atoms in total. The van der Waals surface area contributed by atoms with Gasteiger partial charge in [-0.05, 0) is 18.8 Å². The van der Waals surface area contributed by atoms with E-state index in [1.807, 2.05) is 31.8 Å². The Morgan fingerprint density at radius 3 is 2.76 bits per heavy atom. The maximum absolute atomic E-state index is 12.4. The van der Waals surface area contributed by atoms with Crippen LogP contribution in [0.1, 0.15) is 31.5 Å². The quantitative estimate of drug-likeness (QED) is 0.748. The predicted molar refractivity (Wildman–Crippen MR) is 91.2 cm³/mol. The Hall–Kier alpha value is -2.75. The number of ketones is 1. The number of hydrogen-bond donors (Lipinski definition) is 0. The number of carbonyl (C=O) groups is 1. The van der Waals surface area contributed by atoms with E-state index in [1.54, 1.807) is 11.0 Å². The fraction of sp³-hybridized carbons (Fsp3) is 0.500. The van der Waals surface area contributed by atoms with Gasteiger partial charge in [-0.1, -0.05) is 19.9 Å². The van der Waals surface area contributed by atoms with Crippen molar-refractivity contribution in [3.8, 4) is 11.5 Å². The van der Waals surface area contributed by atoms with Gasteiger partial charge >= 0.3 is 0 Å². The molecule has 0 bridgehead atoms. The average molecular weight is 336 g/mol. The SMILES string of the molecule is [C-]#[N+]C1=C[C@]2(C)c3nn(C)c(-c4ncn(C)n4)c3CC[C@H]2[C@H](C)C1=O. The molecule has 2 aromatic rings. The van der Waals surface area contributed by atoms with Gasteiger partial charge in [0.2, 0.25) is 5.70 Å². The van der Waals surface area contributed by atoms with Gasteiger partial charge in [0.05, 0.1) is 12.3 Å². The van der Waals surface area contributed by atoms with Crippen molar-refractivity contribution >= 4 is 5.78 Å². The topological polar surface area (TPSA) is 70.0 Å². The minimum Gasteiger partial charge on any atom is -0.308 e. The van der Waals surface area contributed by atoms with Gasteiger partial charge in [-0.2, -0.15) is 5.10 Å². The van der Waals surface area contributed by atoms with Crippen LogP contribution in [-0.2, 0) is 30.7 Å². The molecule has 2 aliphatic rings. The third-order valence-corrected chi connectivity index (χ3v) is 5.77. The van der Waals surface area contributed by atoms with Crippen molar-refractivity contribution < 1.29 is 4.79 Å². The number of rotatable bonds is 1. The molecule has 0 unspecified atom stereocenters. The monoisotopic (exact) mass is 336 g/mol. The van der Waals surface area contributed by atoms with Gasteiger partial charge in [0.1, 0.15) is 12.0 Å². The van der Waals surface area contributed by atoms with Crippen LogP contribution >= 0.6 is 0 Å². The minimum absolute atomic E-state index is 0.0385. The number of aryl methyl sites for hydroxylation is 2. The van der Waals surface area contributed by atoms with E-state index in [2.05, 4.69) is 21.9 Å². The highest BCUT2D eigenvalue weighted by molar-refractivity contribution is 6.00. The molecule has 7 heteroatoms. The summed E-state index contributed by atoms with van der Waals surface area (Å²) >= 11 is 0. The highest BCUT2D eigenvalue weighted by Gasteiger charge is 2.50. The summed E-state index contributed by atoms with van der Waals surface area (Å²) in [5, 5.41) is 9.22. The fourth-order valence-electron chi connectivity index (χ4n) is 4.54. The lowest BCUT2D eigenvalue weighted by Crippen LogP contribution is -2.45. The molecule has 0 fully saturated rings. The second-order valence-corrected chi connectivity index (χ2v) is 7.26. The summed E-state index contributed by atoms with van der Waals surface area (Å²) in [7, 11) is 3.75. The number of nitrogens with zero attached hydrogens (tertiary/aromatic N) is 6. The Morgan fingerprint density at radius 1 is 1.36 bits per heavy atom. The van der Waals surface area contributed by atoms with Crippen LogP contribution in [0.3, 0.4) is 0 Å². The standard InChI is InChI=1S/C18H20N6O/c1-10-12-7-6-11-14(17-20-9-23(4)22-17)24(5)21-16(11)18(12,2)8-13(19-3)15(10)25/h8-10,12H,6-7H2,1-2,4-5H3/t10-,12-,18-/m0/s1. The summed E-state index contributed by atoms with van der Waals surface area (Å²) in [6.45, 7) is 11.4. The van der Waals surface area contributed by atoms with Gasteiger partial charge in [-0.3, -0.25) is 9.36 Å². The van der Waals surface area contributed by atoms with Crippen molar-refractivity contribution in [2.75, 3.05) is 0 Å². The van der Waals surface area contributed by atoms with Gasteiger partial charge in [0.15, 0.2) is 11.6 Å². The number of carbonyl (C=O) groups excluding carboxylic acids is 1. The summed E-state index contributed by atoms with van der Waals surface area (Å²) in [5.74, 6) is 0.627. The fourth-order valence-corrected chi connectivity index (χ4v) is 4.54. The molecule has 0 radical (unpaired) electrons. The lowest BCUT2D eigenvalue weighted by Gasteiger charge is -2.44. The van der Waals surface area contributed by atoms with Crippen molar-refractivity contribution in [1.29, 1.82) is 0 Å². The summed E-state index contributed by atoms with van der Waals surface area (Å²) in [4.78, 5) is 20.3. The Kier molecular flexibility index (Phi) is 3.23. The van der Waals surface area contributed by atoms with Crippen molar-refractivity contribution in [2.24, 2.45) is 25.9 Å². The summed E-state index contributed by atoms with van der Waals surface area (Å²) in [5.41, 5.74) is 2.84. The second kappa shape index (κ2) is 5.12. The Morgan fingerprint density at radius 2 is 2.12 bits per heavy atom. The molecule has 0 aliphatic heterocycles. The van der Waals surface area contributed by atoms with Gasteiger partial charge in [0, 0.05) is 31.0 Å². The zero-order chi connectivity index (χ0) is 17.9. The van der Waals surface area contributed by atoms with Crippen molar-refractivity contribution in [3.05, 3.63) is 40.8 Å². The smallest absolute Gasteiger partial charge is 0.226 e. The maximum Gasteiger partial charge on any atom is 0.226 e. The Labute approximate surface area is 146 Å². The molecule has 0 saturated heterocycles. The molecular weight excluding hydrogens is 316 g/mol. The third kappa shape index (κ3) is 2.03. The first-order valence-electron chi connectivity index (χ1n) is 8.43. The first-order chi connectivity index (χ1) is 11.9. The van der Waals surface area contributed by atoms with Crippen molar-refractivity contribution in [2.45, 2.75) is 32.1 Å². The van der Waals surface area contributed by atoms with E-state index in [1.165, 1.54) is 0 Å². The van der Waals surface area contributed by atoms with Gasteiger partial charge in [-0.15, -0.1) is 5.10 Å². The molecule has 4 rings (SSSR count). The molecule has 25 heavy (non-hydrogen) atoms. The minimum atomic E-state index is -0.411. The van der Waals surface area contributed by atoms with Crippen LogP contribution < -0.4 is 0 Å². The number of fused-ring (bicyclic) bond motifs is 3. The molecule has 128 valence electrons. The lowest BCUT2D eigenvalue weighted by atomic mass is 9.58. The van der Waals surface area contributed by atoms with E-state index < -0.39 is 5.41 Å². The van der Waals surface area contributed by atoms with E-state index in [4.69, 9.17) is 11.7 Å². The van der Waals surface area contributed by atoms with E-state index in [0.29, 0.717) is 5.82 Å². The van der Waals surface area contributed by atoms with Crippen LogP contribution in [-0.4, -0.2) is 30.3 Å². The van der Waals surface area contributed by atoms with Crippen molar-refractivity contribution in [1.82, 2.24) is 24.5 Å². The van der Waals surface area contributed by atoms with Crippen LogP contribution in [0.2, 0.25) is 0 Å². The summed E-state index contributed by atoms with van der Waals surface area (Å²) < 4.78 is 3.51. The molecule has 2 heterocycles. The lowest BCUT2D eigenvalue weighted by molar-refractivity contribution is -0.121. The van der Waals surface area contributed by atoms with Crippen LogP contribution in [0.5, 0.6) is 0 Å². The molecule has 2 aliphatic carbocycles. The highest BCUT2D eigenvalue weighted by Crippen LogP contribution is 2.50. The molecule has 0 amide bonds. The van der Waals surface area contributed by atoms with E-state index in [9.17, 15) is 4.79 Å². The number of aromatic nitrogens is 5. The maximum atomic E-state index is 12.4. The zero-order valence-electron chi connectivity index (χ0n) is 14.8. The second-order valence-electron chi connectivity index (χ2n) is 7.26. The molecule has 2 aromatic heterocycles. The van der Waals surface area contributed by atoms with Crippen LogP contribution in [0.25, 0.3) is 16.4 Å². The van der Waals surface area contributed by atoms with Crippen molar-refractivity contribution in [3.63, 3.8) is 0 Å².